The van der Waals surface area contributed by atoms with Crippen molar-refractivity contribution >= 4 is 11.6 Å². The molecule has 0 unspecified atom stereocenters. The third-order valence-electron chi connectivity index (χ3n) is 4.63. The number of hydrogen-bond acceptors (Lipinski definition) is 2. The lowest BCUT2D eigenvalue weighted by atomic mass is 10.1. The standard InChI is InChI=1S/C23H18F6N2O/c24-22(25,26)19-10-3-1-7-16(19)14-30-13-15-6-5-8-17(12-15)31-21(32)18-9-2-4-11-20(18)23(27,28)29/h1-12,30H,13-14H2,(H,31,32). The lowest BCUT2D eigenvalue weighted by Gasteiger charge is -2.14. The first kappa shape index (κ1) is 23.3. The van der Waals surface area contributed by atoms with E-state index >= 15 is 0 Å². The van der Waals surface area contributed by atoms with Crippen molar-refractivity contribution in [2.75, 3.05) is 5.32 Å². The molecule has 9 heteroatoms. The van der Waals surface area contributed by atoms with E-state index in [9.17, 15) is 31.1 Å². The zero-order valence-electron chi connectivity index (χ0n) is 16.5. The molecule has 0 atom stereocenters. The molecule has 0 radical (unpaired) electrons. The molecule has 32 heavy (non-hydrogen) atoms. The summed E-state index contributed by atoms with van der Waals surface area (Å²) in [6.07, 6.45) is -9.14. The molecule has 3 nitrogen and oxygen atoms in total. The van der Waals surface area contributed by atoms with Crippen LogP contribution in [0.2, 0.25) is 0 Å². The minimum absolute atomic E-state index is 0.0365. The maximum absolute atomic E-state index is 13.1. The molecule has 0 saturated carbocycles. The molecule has 0 saturated heterocycles. The lowest BCUT2D eigenvalue weighted by Crippen LogP contribution is -2.19. The van der Waals surface area contributed by atoms with Gasteiger partial charge in [-0.2, -0.15) is 26.3 Å². The first-order valence-corrected chi connectivity index (χ1v) is 9.48. The van der Waals surface area contributed by atoms with Crippen LogP contribution in [-0.2, 0) is 25.4 Å². The first-order chi connectivity index (χ1) is 15.1. The third kappa shape index (κ3) is 5.88. The maximum atomic E-state index is 13.1. The molecule has 0 aliphatic rings. The topological polar surface area (TPSA) is 41.1 Å². The van der Waals surface area contributed by atoms with Crippen LogP contribution in [0.5, 0.6) is 0 Å². The van der Waals surface area contributed by atoms with E-state index < -0.39 is 35.0 Å². The van der Waals surface area contributed by atoms with Crippen molar-refractivity contribution in [3.8, 4) is 0 Å². The number of rotatable bonds is 6. The summed E-state index contributed by atoms with van der Waals surface area (Å²) in [7, 11) is 0. The molecule has 3 rings (SSSR count). The number of benzene rings is 3. The summed E-state index contributed by atoms with van der Waals surface area (Å²) in [6.45, 7) is 0.153. The average Bonchev–Trinajstić information content (AvgIpc) is 2.73. The number of carbonyl (C=O) groups is 1. The summed E-state index contributed by atoms with van der Waals surface area (Å²) >= 11 is 0. The average molecular weight is 452 g/mol. The van der Waals surface area contributed by atoms with Crippen LogP contribution in [0.4, 0.5) is 32.0 Å². The second kappa shape index (κ2) is 9.44. The molecular weight excluding hydrogens is 434 g/mol. The smallest absolute Gasteiger partial charge is 0.322 e. The van der Waals surface area contributed by atoms with Gasteiger partial charge in [0.25, 0.3) is 5.91 Å². The van der Waals surface area contributed by atoms with Crippen LogP contribution in [-0.4, -0.2) is 5.91 Å². The largest absolute Gasteiger partial charge is 0.417 e. The van der Waals surface area contributed by atoms with Gasteiger partial charge >= 0.3 is 12.4 Å². The summed E-state index contributed by atoms with van der Waals surface area (Å²) in [5.74, 6) is -0.915. The molecule has 0 aromatic heterocycles. The van der Waals surface area contributed by atoms with Gasteiger partial charge in [-0.1, -0.05) is 42.5 Å². The van der Waals surface area contributed by atoms with Crippen molar-refractivity contribution in [3.63, 3.8) is 0 Å². The van der Waals surface area contributed by atoms with Crippen molar-refractivity contribution in [1.29, 1.82) is 0 Å². The van der Waals surface area contributed by atoms with E-state index in [0.29, 0.717) is 5.56 Å². The third-order valence-corrected chi connectivity index (χ3v) is 4.63. The van der Waals surface area contributed by atoms with Gasteiger partial charge in [0.2, 0.25) is 0 Å². The Bertz CT molecular complexity index is 1090. The zero-order valence-corrected chi connectivity index (χ0v) is 16.5. The Labute approximate surface area is 180 Å². The van der Waals surface area contributed by atoms with Crippen LogP contribution < -0.4 is 10.6 Å². The van der Waals surface area contributed by atoms with Crippen molar-refractivity contribution in [2.45, 2.75) is 25.4 Å². The van der Waals surface area contributed by atoms with Gasteiger partial charge < -0.3 is 10.6 Å². The van der Waals surface area contributed by atoms with Crippen LogP contribution in [0.25, 0.3) is 0 Å². The Kier molecular flexibility index (Phi) is 6.88. The SMILES string of the molecule is O=C(Nc1cccc(CNCc2ccccc2C(F)(F)F)c1)c1ccccc1C(F)(F)F. The summed E-state index contributed by atoms with van der Waals surface area (Å²) in [6, 6.07) is 16.0. The highest BCUT2D eigenvalue weighted by Crippen LogP contribution is 2.33. The predicted molar refractivity (Wildman–Crippen MR) is 108 cm³/mol. The number of nitrogens with one attached hydrogen (secondary N) is 2. The molecular formula is C23H18F6N2O. The zero-order chi connectivity index (χ0) is 23.4. The second-order valence-electron chi connectivity index (χ2n) is 6.96. The van der Waals surface area contributed by atoms with Crippen LogP contribution in [0, 0.1) is 0 Å². The van der Waals surface area contributed by atoms with Crippen molar-refractivity contribution in [1.82, 2.24) is 5.32 Å². The number of carbonyl (C=O) groups excluding carboxylic acids is 1. The number of alkyl halides is 6. The maximum Gasteiger partial charge on any atom is 0.417 e. The minimum atomic E-state index is -4.67. The highest BCUT2D eigenvalue weighted by molar-refractivity contribution is 6.05. The van der Waals surface area contributed by atoms with Gasteiger partial charge in [0.15, 0.2) is 0 Å². The Morgan fingerprint density at radius 2 is 1.34 bits per heavy atom. The molecule has 0 aliphatic carbocycles. The molecule has 0 heterocycles. The Morgan fingerprint density at radius 1 is 0.719 bits per heavy atom. The van der Waals surface area contributed by atoms with Crippen molar-refractivity contribution in [2.24, 2.45) is 0 Å². The van der Waals surface area contributed by atoms with E-state index in [0.717, 1.165) is 18.2 Å². The van der Waals surface area contributed by atoms with Crippen LogP contribution in [0.3, 0.4) is 0 Å². The van der Waals surface area contributed by atoms with E-state index in [1.54, 1.807) is 12.1 Å². The number of hydrogen-bond donors (Lipinski definition) is 2. The molecule has 1 amide bonds. The second-order valence-corrected chi connectivity index (χ2v) is 6.96. The van der Waals surface area contributed by atoms with Gasteiger partial charge in [0, 0.05) is 18.8 Å². The summed E-state index contributed by atoms with van der Waals surface area (Å²) < 4.78 is 78.6. The van der Waals surface area contributed by atoms with E-state index in [1.165, 1.54) is 42.5 Å². The molecule has 0 fully saturated rings. The Morgan fingerprint density at radius 3 is 2.03 bits per heavy atom. The predicted octanol–water partition coefficient (Wildman–Crippen LogP) is 6.27. The summed E-state index contributed by atoms with van der Waals surface area (Å²) in [5, 5.41) is 5.34. The quantitative estimate of drug-likeness (QED) is 0.433. The highest BCUT2D eigenvalue weighted by Gasteiger charge is 2.35. The lowest BCUT2D eigenvalue weighted by molar-refractivity contribution is -0.138. The summed E-state index contributed by atoms with van der Waals surface area (Å²) in [5.41, 5.74) is -1.28. The van der Waals surface area contributed by atoms with E-state index in [2.05, 4.69) is 10.6 Å². The Hall–Kier alpha value is -3.33. The van der Waals surface area contributed by atoms with Crippen molar-refractivity contribution < 1.29 is 31.1 Å². The van der Waals surface area contributed by atoms with Crippen LogP contribution in [0.1, 0.15) is 32.6 Å². The van der Waals surface area contributed by atoms with Gasteiger partial charge in [-0.3, -0.25) is 4.79 Å². The normalized spacial score (nSPS) is 11.9. The fourth-order valence-corrected chi connectivity index (χ4v) is 3.18. The molecule has 0 bridgehead atoms. The van der Waals surface area contributed by atoms with Gasteiger partial charge in [-0.15, -0.1) is 0 Å². The highest BCUT2D eigenvalue weighted by atomic mass is 19.4. The molecule has 168 valence electrons. The number of amides is 1. The molecule has 0 aliphatic heterocycles. The van der Waals surface area contributed by atoms with Gasteiger partial charge in [-0.05, 0) is 41.5 Å². The van der Waals surface area contributed by atoms with E-state index in [-0.39, 0.29) is 24.3 Å². The van der Waals surface area contributed by atoms with E-state index in [4.69, 9.17) is 0 Å². The summed E-state index contributed by atoms with van der Waals surface area (Å²) in [4.78, 5) is 12.4. The number of anilines is 1. The van der Waals surface area contributed by atoms with Gasteiger partial charge in [0.1, 0.15) is 0 Å². The van der Waals surface area contributed by atoms with Gasteiger partial charge in [-0.25, -0.2) is 0 Å². The monoisotopic (exact) mass is 452 g/mol. The first-order valence-electron chi connectivity index (χ1n) is 9.48. The molecule has 3 aromatic carbocycles. The molecule has 2 N–H and O–H groups in total. The Balaban J connectivity index is 1.67. The van der Waals surface area contributed by atoms with Crippen molar-refractivity contribution in [3.05, 3.63) is 101 Å². The molecule has 0 spiro atoms. The van der Waals surface area contributed by atoms with Gasteiger partial charge in [0.05, 0.1) is 16.7 Å². The van der Waals surface area contributed by atoms with E-state index in [1.807, 2.05) is 0 Å². The van der Waals surface area contributed by atoms with Crippen LogP contribution >= 0.6 is 0 Å². The number of halogens is 6. The van der Waals surface area contributed by atoms with Crippen LogP contribution in [0.15, 0.2) is 72.8 Å². The fourth-order valence-electron chi connectivity index (χ4n) is 3.18. The molecule has 3 aromatic rings. The fraction of sp³-hybridized carbons (Fsp3) is 0.174. The minimum Gasteiger partial charge on any atom is -0.322 e.